The van der Waals surface area contributed by atoms with Crippen molar-refractivity contribution in [1.82, 2.24) is 0 Å². The number of carbonyl (C=O) groups excluding carboxylic acids is 1. The molecule has 0 aromatic rings. The van der Waals surface area contributed by atoms with Crippen molar-refractivity contribution in [1.29, 1.82) is 0 Å². The van der Waals surface area contributed by atoms with Crippen molar-refractivity contribution in [3.63, 3.8) is 0 Å². The molecule has 0 bridgehead atoms. The molecule has 10 heteroatoms. The zero-order valence-electron chi connectivity index (χ0n) is 18.5. The van der Waals surface area contributed by atoms with Gasteiger partial charge in [0.1, 0.15) is 18.3 Å². The molecular formula is C17H38O7Si3. The van der Waals surface area contributed by atoms with E-state index in [2.05, 4.69) is 39.3 Å². The average molecular weight is 439 g/mol. The molecule has 0 unspecified atom stereocenters. The van der Waals surface area contributed by atoms with E-state index in [0.717, 1.165) is 0 Å². The third-order valence-corrected chi connectivity index (χ3v) is 6.56. The molecule has 1 N–H and O–H groups in total. The highest BCUT2D eigenvalue weighted by Gasteiger charge is 2.51. The van der Waals surface area contributed by atoms with Gasteiger partial charge in [-0.2, -0.15) is 0 Å². The molecule has 7 nitrogen and oxygen atoms in total. The highest BCUT2D eigenvalue weighted by Crippen LogP contribution is 2.31. The number of aliphatic hydroxyl groups is 1. The second-order valence-electron chi connectivity index (χ2n) is 9.95. The topological polar surface area (TPSA) is 83.5 Å². The number of aliphatic hydroxyl groups excluding tert-OH is 1. The van der Waals surface area contributed by atoms with Gasteiger partial charge in [0.15, 0.2) is 37.3 Å². The SMILES string of the molecule is CC(=O)O[C@@H]1[C@@H](O[Si](C)(C)C)[C@H](O)O[C@H](CO[Si](C)(C)C)[C@@H]1O[Si](C)(C)C. The van der Waals surface area contributed by atoms with Gasteiger partial charge in [-0.15, -0.1) is 0 Å². The average Bonchev–Trinajstić information content (AvgIpc) is 2.40. The molecule has 0 saturated carbocycles. The number of rotatable bonds is 8. The van der Waals surface area contributed by atoms with Crippen molar-refractivity contribution < 1.29 is 32.7 Å². The largest absolute Gasteiger partial charge is 0.457 e. The summed E-state index contributed by atoms with van der Waals surface area (Å²) in [6.07, 6.45) is -3.84. The Morgan fingerprint density at radius 3 is 1.74 bits per heavy atom. The van der Waals surface area contributed by atoms with Crippen LogP contribution in [0, 0.1) is 0 Å². The van der Waals surface area contributed by atoms with Gasteiger partial charge in [-0.25, -0.2) is 0 Å². The first-order chi connectivity index (χ1) is 12.0. The summed E-state index contributed by atoms with van der Waals surface area (Å²) in [7, 11) is -5.84. The molecule has 1 aliphatic heterocycles. The minimum absolute atomic E-state index is 0.277. The first kappa shape index (κ1) is 25.0. The summed E-state index contributed by atoms with van der Waals surface area (Å²) < 4.78 is 30.0. The van der Waals surface area contributed by atoms with Crippen LogP contribution in [0.5, 0.6) is 0 Å². The molecule has 1 rings (SSSR count). The maximum atomic E-state index is 11.8. The highest BCUT2D eigenvalue weighted by atomic mass is 28.4. The fraction of sp³-hybridized carbons (Fsp3) is 0.941. The van der Waals surface area contributed by atoms with Crippen LogP contribution >= 0.6 is 0 Å². The summed E-state index contributed by atoms with van der Waals surface area (Å²) in [5.41, 5.74) is 0. The second-order valence-corrected chi connectivity index (χ2v) is 23.4. The zero-order valence-corrected chi connectivity index (χ0v) is 21.5. The lowest BCUT2D eigenvalue weighted by Gasteiger charge is -2.47. The fourth-order valence-corrected chi connectivity index (χ4v) is 5.61. The van der Waals surface area contributed by atoms with E-state index < -0.39 is 61.6 Å². The number of hydrogen-bond acceptors (Lipinski definition) is 7. The van der Waals surface area contributed by atoms with E-state index in [0.29, 0.717) is 0 Å². The van der Waals surface area contributed by atoms with Crippen LogP contribution < -0.4 is 0 Å². The number of hydrogen-bond donors (Lipinski definition) is 1. The van der Waals surface area contributed by atoms with Gasteiger partial charge >= 0.3 is 5.97 Å². The van der Waals surface area contributed by atoms with Crippen molar-refractivity contribution >= 4 is 30.9 Å². The maximum absolute atomic E-state index is 11.8. The molecule has 0 radical (unpaired) electrons. The summed E-state index contributed by atoms with van der Waals surface area (Å²) in [6.45, 7) is 20.1. The van der Waals surface area contributed by atoms with Crippen molar-refractivity contribution in [2.45, 2.75) is 96.6 Å². The Balaban J connectivity index is 3.20. The Labute approximate surface area is 167 Å². The van der Waals surface area contributed by atoms with E-state index in [1.807, 2.05) is 19.6 Å². The van der Waals surface area contributed by atoms with E-state index in [4.69, 9.17) is 22.8 Å². The van der Waals surface area contributed by atoms with Crippen LogP contribution in [0.15, 0.2) is 0 Å². The van der Waals surface area contributed by atoms with Crippen LogP contribution in [-0.2, 0) is 27.5 Å². The molecule has 0 aliphatic carbocycles. The van der Waals surface area contributed by atoms with Gasteiger partial charge in [-0.3, -0.25) is 4.79 Å². The minimum Gasteiger partial charge on any atom is -0.457 e. The van der Waals surface area contributed by atoms with Gasteiger partial charge in [-0.05, 0) is 58.9 Å². The smallest absolute Gasteiger partial charge is 0.303 e. The van der Waals surface area contributed by atoms with E-state index in [1.54, 1.807) is 0 Å². The summed E-state index contributed by atoms with van der Waals surface area (Å²) >= 11 is 0. The number of carbonyl (C=O) groups is 1. The Morgan fingerprint density at radius 2 is 1.33 bits per heavy atom. The Kier molecular flexibility index (Phi) is 8.47. The predicted molar refractivity (Wildman–Crippen MR) is 112 cm³/mol. The highest BCUT2D eigenvalue weighted by molar-refractivity contribution is 6.70. The summed E-state index contributed by atoms with van der Waals surface area (Å²) in [6, 6.07) is 0. The molecule has 5 atom stereocenters. The molecule has 27 heavy (non-hydrogen) atoms. The molecule has 0 aromatic heterocycles. The van der Waals surface area contributed by atoms with Gasteiger partial charge in [-0.1, -0.05) is 0 Å². The first-order valence-electron chi connectivity index (χ1n) is 9.49. The second kappa shape index (κ2) is 9.16. The molecule has 0 spiro atoms. The molecule has 1 fully saturated rings. The normalized spacial score (nSPS) is 30.3. The third-order valence-electron chi connectivity index (χ3n) is 3.57. The first-order valence-corrected chi connectivity index (χ1v) is 19.7. The van der Waals surface area contributed by atoms with Gasteiger partial charge < -0.3 is 27.9 Å². The van der Waals surface area contributed by atoms with Crippen molar-refractivity contribution in [2.24, 2.45) is 0 Å². The number of esters is 1. The lowest BCUT2D eigenvalue weighted by atomic mass is 9.99. The van der Waals surface area contributed by atoms with Crippen LogP contribution in [0.2, 0.25) is 58.9 Å². The Bertz CT molecular complexity index is 496. The molecule has 1 heterocycles. The van der Waals surface area contributed by atoms with E-state index >= 15 is 0 Å². The van der Waals surface area contributed by atoms with Crippen LogP contribution in [0.25, 0.3) is 0 Å². The van der Waals surface area contributed by atoms with E-state index in [9.17, 15) is 9.90 Å². The van der Waals surface area contributed by atoms with Crippen molar-refractivity contribution in [3.8, 4) is 0 Å². The molecule has 1 saturated heterocycles. The Morgan fingerprint density at radius 1 is 0.852 bits per heavy atom. The summed E-state index contributed by atoms with van der Waals surface area (Å²) in [5, 5.41) is 10.6. The standard InChI is InChI=1S/C17H38O7Si3/c1-12(18)21-15-14(23-26(5,6)7)13(11-20-25(2,3)4)22-17(19)16(15)24-27(8,9)10/h13-17,19H,11H2,1-10H3/t13-,14+,15+,16-,17-/m1/s1. The van der Waals surface area contributed by atoms with Crippen LogP contribution in [0.4, 0.5) is 0 Å². The molecule has 160 valence electrons. The monoisotopic (exact) mass is 438 g/mol. The fourth-order valence-electron chi connectivity index (χ4n) is 2.77. The quantitative estimate of drug-likeness (QED) is 0.461. The van der Waals surface area contributed by atoms with Gasteiger partial charge in [0, 0.05) is 6.92 Å². The molecule has 0 amide bonds. The third kappa shape index (κ3) is 9.31. The zero-order chi connectivity index (χ0) is 21.2. The summed E-state index contributed by atoms with van der Waals surface area (Å²) in [4.78, 5) is 11.8. The van der Waals surface area contributed by atoms with Crippen LogP contribution in [0.3, 0.4) is 0 Å². The maximum Gasteiger partial charge on any atom is 0.303 e. The number of ether oxygens (including phenoxy) is 2. The van der Waals surface area contributed by atoms with Gasteiger partial charge in [0.05, 0.1) is 6.61 Å². The molecule has 1 aliphatic rings. The summed E-state index contributed by atoms with van der Waals surface area (Å²) in [5.74, 6) is -0.438. The van der Waals surface area contributed by atoms with E-state index in [-0.39, 0.29) is 6.61 Å². The lowest BCUT2D eigenvalue weighted by Crippen LogP contribution is -2.64. The minimum atomic E-state index is -2.04. The molecule has 0 aromatic carbocycles. The van der Waals surface area contributed by atoms with Crippen molar-refractivity contribution in [3.05, 3.63) is 0 Å². The van der Waals surface area contributed by atoms with Gasteiger partial charge in [0.25, 0.3) is 0 Å². The Hall–Kier alpha value is -0.0794. The lowest BCUT2D eigenvalue weighted by molar-refractivity contribution is -0.281. The van der Waals surface area contributed by atoms with Crippen LogP contribution in [-0.4, -0.2) is 73.3 Å². The predicted octanol–water partition coefficient (Wildman–Crippen LogP) is 2.93. The molecular weight excluding hydrogens is 400 g/mol. The van der Waals surface area contributed by atoms with Crippen LogP contribution in [0.1, 0.15) is 6.92 Å². The van der Waals surface area contributed by atoms with E-state index in [1.165, 1.54) is 6.92 Å². The van der Waals surface area contributed by atoms with Gasteiger partial charge in [0.2, 0.25) is 0 Å². The van der Waals surface area contributed by atoms with Crippen molar-refractivity contribution in [2.75, 3.05) is 6.61 Å².